The lowest BCUT2D eigenvalue weighted by molar-refractivity contribution is -0.127. The van der Waals surface area contributed by atoms with Crippen LogP contribution in [0.4, 0.5) is 4.79 Å². The number of nitrogens with one attached hydrogen (secondary N) is 2. The number of hydrogen-bond acceptors (Lipinski definition) is 6. The van der Waals surface area contributed by atoms with Crippen LogP contribution >= 0.6 is 0 Å². The van der Waals surface area contributed by atoms with Crippen LogP contribution in [0.25, 0.3) is 0 Å². The van der Waals surface area contributed by atoms with Gasteiger partial charge in [0.2, 0.25) is 10.0 Å². The number of aryl methyl sites for hydroxylation is 1. The Kier molecular flexibility index (Phi) is 8.18. The van der Waals surface area contributed by atoms with Gasteiger partial charge in [0.1, 0.15) is 10.6 Å². The number of hydrogen-bond donors (Lipinski definition) is 2. The van der Waals surface area contributed by atoms with E-state index in [1.165, 1.54) is 35.1 Å². The fourth-order valence-electron chi connectivity index (χ4n) is 2.38. The molecule has 1 unspecified atom stereocenters. The summed E-state index contributed by atoms with van der Waals surface area (Å²) in [5.74, 6) is -1.67. The average Bonchev–Trinajstić information content (AvgIpc) is 2.97. The highest BCUT2D eigenvalue weighted by atomic mass is 32.2. The van der Waals surface area contributed by atoms with E-state index in [0.717, 1.165) is 0 Å². The summed E-state index contributed by atoms with van der Waals surface area (Å²) in [6.07, 6.45) is 0.0635. The van der Waals surface area contributed by atoms with Gasteiger partial charge in [-0.2, -0.15) is 4.31 Å². The van der Waals surface area contributed by atoms with Crippen molar-refractivity contribution in [2.24, 2.45) is 7.05 Å². The van der Waals surface area contributed by atoms with Gasteiger partial charge in [0, 0.05) is 32.4 Å². The third-order valence-electron chi connectivity index (χ3n) is 3.84. The lowest BCUT2D eigenvalue weighted by Crippen LogP contribution is -2.46. The summed E-state index contributed by atoms with van der Waals surface area (Å²) in [4.78, 5) is 35.8. The molecule has 0 aliphatic rings. The molecule has 0 spiro atoms. The van der Waals surface area contributed by atoms with E-state index in [1.807, 2.05) is 0 Å². The first-order valence-corrected chi connectivity index (χ1v) is 10.4. The number of esters is 1. The number of rotatable bonds is 8. The Morgan fingerprint density at radius 2 is 1.75 bits per heavy atom. The van der Waals surface area contributed by atoms with Crippen molar-refractivity contribution < 1.29 is 27.5 Å². The van der Waals surface area contributed by atoms with E-state index in [9.17, 15) is 22.8 Å². The number of urea groups is 1. The summed E-state index contributed by atoms with van der Waals surface area (Å²) in [6, 6.07) is 0.334. The van der Waals surface area contributed by atoms with Gasteiger partial charge < -0.3 is 14.6 Å². The molecule has 0 saturated heterocycles. The van der Waals surface area contributed by atoms with Gasteiger partial charge in [-0.25, -0.2) is 18.0 Å². The zero-order valence-corrected chi connectivity index (χ0v) is 17.8. The third kappa shape index (κ3) is 5.80. The largest absolute Gasteiger partial charge is 0.448 e. The minimum atomic E-state index is -3.74. The summed E-state index contributed by atoms with van der Waals surface area (Å²) >= 11 is 0. The van der Waals surface area contributed by atoms with Gasteiger partial charge in [0.15, 0.2) is 6.10 Å². The Balaban J connectivity index is 2.90. The molecule has 11 heteroatoms. The molecule has 0 radical (unpaired) electrons. The number of carbonyl (C=O) groups excluding carboxylic acids is 3. The Bertz CT molecular complexity index is 827. The Morgan fingerprint density at radius 3 is 2.25 bits per heavy atom. The predicted molar refractivity (Wildman–Crippen MR) is 102 cm³/mol. The smallest absolute Gasteiger partial charge is 0.355 e. The second-order valence-electron chi connectivity index (χ2n) is 6.43. The van der Waals surface area contributed by atoms with Crippen molar-refractivity contribution in [3.05, 3.63) is 18.0 Å². The fraction of sp³-hybridized carbons (Fsp3) is 0.588. The molecule has 0 aliphatic heterocycles. The zero-order valence-electron chi connectivity index (χ0n) is 17.0. The van der Waals surface area contributed by atoms with Gasteiger partial charge >= 0.3 is 12.0 Å². The summed E-state index contributed by atoms with van der Waals surface area (Å²) < 4.78 is 32.8. The average molecular weight is 417 g/mol. The van der Waals surface area contributed by atoms with E-state index >= 15 is 0 Å². The van der Waals surface area contributed by atoms with Crippen molar-refractivity contribution in [1.29, 1.82) is 0 Å². The number of imide groups is 1. The highest BCUT2D eigenvalue weighted by Gasteiger charge is 2.27. The fourth-order valence-corrected chi connectivity index (χ4v) is 3.91. The van der Waals surface area contributed by atoms with Crippen molar-refractivity contribution in [3.8, 4) is 0 Å². The molecule has 0 bridgehead atoms. The van der Waals surface area contributed by atoms with Crippen LogP contribution in [0.1, 0.15) is 45.1 Å². The standard InChI is InChI=1S/C17H28N4O6S/c1-7-21(8-2)28(25,26)13-9-14(20(6)10-13)16(23)27-12(5)15(22)19-17(24)18-11(3)4/h9-12H,7-8H2,1-6H3,(H2,18,19,22,24). The van der Waals surface area contributed by atoms with Crippen LogP contribution in [0, 0.1) is 0 Å². The van der Waals surface area contributed by atoms with E-state index in [-0.39, 0.29) is 16.6 Å². The van der Waals surface area contributed by atoms with Crippen LogP contribution in [0.5, 0.6) is 0 Å². The van der Waals surface area contributed by atoms with Crippen molar-refractivity contribution >= 4 is 27.9 Å². The van der Waals surface area contributed by atoms with Crippen LogP contribution in [-0.4, -0.2) is 60.4 Å². The highest BCUT2D eigenvalue weighted by Crippen LogP contribution is 2.19. The predicted octanol–water partition coefficient (Wildman–Crippen LogP) is 0.835. The number of amides is 3. The summed E-state index contributed by atoms with van der Waals surface area (Å²) in [7, 11) is -2.24. The molecule has 1 atom stereocenters. The normalized spacial score (nSPS) is 12.7. The highest BCUT2D eigenvalue weighted by molar-refractivity contribution is 7.89. The maximum Gasteiger partial charge on any atom is 0.355 e. The maximum atomic E-state index is 12.6. The number of carbonyl (C=O) groups is 3. The van der Waals surface area contributed by atoms with Gasteiger partial charge in [-0.15, -0.1) is 0 Å². The molecular weight excluding hydrogens is 388 g/mol. The van der Waals surface area contributed by atoms with Gasteiger partial charge in [0.25, 0.3) is 5.91 Å². The maximum absolute atomic E-state index is 12.6. The molecule has 10 nitrogen and oxygen atoms in total. The van der Waals surface area contributed by atoms with Crippen molar-refractivity contribution in [3.63, 3.8) is 0 Å². The van der Waals surface area contributed by atoms with E-state index in [2.05, 4.69) is 10.6 Å². The molecule has 1 heterocycles. The molecule has 0 aliphatic carbocycles. The van der Waals surface area contributed by atoms with Crippen molar-refractivity contribution in [2.45, 2.75) is 51.7 Å². The van der Waals surface area contributed by atoms with E-state index < -0.39 is 34.0 Å². The molecular formula is C17H28N4O6S. The Morgan fingerprint density at radius 1 is 1.18 bits per heavy atom. The van der Waals surface area contributed by atoms with Gasteiger partial charge in [-0.1, -0.05) is 13.8 Å². The van der Waals surface area contributed by atoms with Crippen LogP contribution < -0.4 is 10.6 Å². The van der Waals surface area contributed by atoms with Crippen LogP contribution in [0.15, 0.2) is 17.2 Å². The van der Waals surface area contributed by atoms with Gasteiger partial charge in [-0.05, 0) is 26.8 Å². The molecule has 3 amide bonds. The molecule has 1 aromatic heterocycles. The lowest BCUT2D eigenvalue weighted by atomic mass is 10.3. The summed E-state index contributed by atoms with van der Waals surface area (Å²) in [6.45, 7) is 8.79. The van der Waals surface area contributed by atoms with E-state index in [0.29, 0.717) is 13.1 Å². The topological polar surface area (TPSA) is 127 Å². The second-order valence-corrected chi connectivity index (χ2v) is 8.36. The first-order chi connectivity index (χ1) is 12.9. The lowest BCUT2D eigenvalue weighted by Gasteiger charge is -2.17. The van der Waals surface area contributed by atoms with Crippen LogP contribution in [-0.2, 0) is 26.6 Å². The number of ether oxygens (including phenoxy) is 1. The van der Waals surface area contributed by atoms with Gasteiger partial charge in [-0.3, -0.25) is 10.1 Å². The minimum Gasteiger partial charge on any atom is -0.448 e. The minimum absolute atomic E-state index is 0.0305. The van der Waals surface area contributed by atoms with Crippen molar-refractivity contribution in [2.75, 3.05) is 13.1 Å². The van der Waals surface area contributed by atoms with Gasteiger partial charge in [0.05, 0.1) is 0 Å². The third-order valence-corrected chi connectivity index (χ3v) is 5.86. The molecule has 1 aromatic rings. The number of aromatic nitrogens is 1. The van der Waals surface area contributed by atoms with Crippen molar-refractivity contribution in [1.82, 2.24) is 19.5 Å². The quantitative estimate of drug-likeness (QED) is 0.605. The molecule has 2 N–H and O–H groups in total. The molecule has 0 aromatic carbocycles. The Hall–Kier alpha value is -2.40. The Labute approximate surface area is 165 Å². The first-order valence-electron chi connectivity index (χ1n) is 8.92. The monoisotopic (exact) mass is 416 g/mol. The van der Waals surface area contributed by atoms with Crippen LogP contribution in [0.2, 0.25) is 0 Å². The number of nitrogens with zero attached hydrogens (tertiary/aromatic N) is 2. The SMILES string of the molecule is CCN(CC)S(=O)(=O)c1cc(C(=O)OC(C)C(=O)NC(=O)NC(C)C)n(C)c1. The van der Waals surface area contributed by atoms with E-state index in [1.54, 1.807) is 27.7 Å². The molecule has 1 rings (SSSR count). The summed E-state index contributed by atoms with van der Waals surface area (Å²) in [5, 5.41) is 4.54. The second kappa shape index (κ2) is 9.69. The molecule has 28 heavy (non-hydrogen) atoms. The number of sulfonamides is 1. The van der Waals surface area contributed by atoms with E-state index in [4.69, 9.17) is 4.74 Å². The summed E-state index contributed by atoms with van der Waals surface area (Å²) in [5.41, 5.74) is -0.0305. The van der Waals surface area contributed by atoms with Crippen LogP contribution in [0.3, 0.4) is 0 Å². The molecule has 158 valence electrons. The first kappa shape index (κ1) is 23.6. The molecule has 0 fully saturated rings. The zero-order chi connectivity index (χ0) is 21.6. The molecule has 0 saturated carbocycles.